The molecule has 2 aliphatic rings. The third-order valence-corrected chi connectivity index (χ3v) is 6.16. The van der Waals surface area contributed by atoms with Crippen LogP contribution in [0.15, 0.2) is 35.2 Å². The van der Waals surface area contributed by atoms with Crippen molar-refractivity contribution in [2.45, 2.75) is 41.6 Å². The number of hydrogen-bond acceptors (Lipinski definition) is 4. The monoisotopic (exact) mass is 282 g/mol. The summed E-state index contributed by atoms with van der Waals surface area (Å²) in [6.07, 6.45) is 2.76. The van der Waals surface area contributed by atoms with E-state index in [9.17, 15) is 8.42 Å². The Labute approximate surface area is 113 Å². The lowest BCUT2D eigenvalue weighted by molar-refractivity contribution is -0.175. The van der Waals surface area contributed by atoms with E-state index in [2.05, 4.69) is 0 Å². The first-order valence-corrected chi connectivity index (χ1v) is 8.24. The highest BCUT2D eigenvalue weighted by molar-refractivity contribution is 7.92. The summed E-state index contributed by atoms with van der Waals surface area (Å²) in [6.45, 7) is 1.14. The van der Waals surface area contributed by atoms with Crippen molar-refractivity contribution < 1.29 is 17.9 Å². The molecule has 104 valence electrons. The van der Waals surface area contributed by atoms with Gasteiger partial charge in [0.05, 0.1) is 23.4 Å². The number of rotatable bonds is 2. The SMILES string of the molecule is O=S(=O)(c1ccccc1)C1CCCC2(C1)OCCO2. The molecule has 1 aliphatic carbocycles. The first-order chi connectivity index (χ1) is 9.12. The smallest absolute Gasteiger partial charge is 0.181 e. The van der Waals surface area contributed by atoms with Crippen molar-refractivity contribution in [1.82, 2.24) is 0 Å². The van der Waals surface area contributed by atoms with E-state index < -0.39 is 20.9 Å². The summed E-state index contributed by atoms with van der Waals surface area (Å²) in [7, 11) is -3.29. The van der Waals surface area contributed by atoms with Crippen LogP contribution in [0.4, 0.5) is 0 Å². The summed E-state index contributed by atoms with van der Waals surface area (Å²) in [5.74, 6) is -0.648. The second-order valence-electron chi connectivity index (χ2n) is 5.18. The van der Waals surface area contributed by atoms with Crippen molar-refractivity contribution in [1.29, 1.82) is 0 Å². The maximum atomic E-state index is 12.6. The molecule has 0 aromatic heterocycles. The van der Waals surface area contributed by atoms with Crippen molar-refractivity contribution >= 4 is 9.84 Å². The van der Waals surface area contributed by atoms with Crippen LogP contribution in [0, 0.1) is 0 Å². The molecule has 1 spiro atoms. The van der Waals surface area contributed by atoms with Gasteiger partial charge in [-0.25, -0.2) is 8.42 Å². The highest BCUT2D eigenvalue weighted by Crippen LogP contribution is 2.39. The topological polar surface area (TPSA) is 52.6 Å². The maximum Gasteiger partial charge on any atom is 0.181 e. The van der Waals surface area contributed by atoms with Crippen molar-refractivity contribution in [2.75, 3.05) is 13.2 Å². The van der Waals surface area contributed by atoms with Gasteiger partial charge >= 0.3 is 0 Å². The lowest BCUT2D eigenvalue weighted by Gasteiger charge is -2.35. The fourth-order valence-corrected chi connectivity index (χ4v) is 4.85. The van der Waals surface area contributed by atoms with Crippen molar-refractivity contribution in [3.63, 3.8) is 0 Å². The minimum Gasteiger partial charge on any atom is -0.347 e. The zero-order chi connectivity index (χ0) is 13.3. The third kappa shape index (κ3) is 2.42. The van der Waals surface area contributed by atoms with Crippen LogP contribution in [-0.2, 0) is 19.3 Å². The van der Waals surface area contributed by atoms with Gasteiger partial charge in [0.25, 0.3) is 0 Å². The highest BCUT2D eigenvalue weighted by atomic mass is 32.2. The number of ether oxygens (including phenoxy) is 2. The average Bonchev–Trinajstić information content (AvgIpc) is 2.88. The molecule has 1 aromatic carbocycles. The molecule has 0 amide bonds. The molecule has 1 atom stereocenters. The van der Waals surface area contributed by atoms with Crippen LogP contribution in [0.1, 0.15) is 25.7 Å². The van der Waals surface area contributed by atoms with E-state index in [0.717, 1.165) is 12.8 Å². The molecule has 3 rings (SSSR count). The lowest BCUT2D eigenvalue weighted by Crippen LogP contribution is -2.41. The molecule has 0 bridgehead atoms. The van der Waals surface area contributed by atoms with Gasteiger partial charge in [0.15, 0.2) is 15.6 Å². The minimum atomic E-state index is -3.29. The van der Waals surface area contributed by atoms with E-state index in [0.29, 0.717) is 31.0 Å². The second-order valence-corrected chi connectivity index (χ2v) is 7.41. The Kier molecular flexibility index (Phi) is 3.37. The molecule has 0 N–H and O–H groups in total. The van der Waals surface area contributed by atoms with E-state index in [1.165, 1.54) is 0 Å². The largest absolute Gasteiger partial charge is 0.347 e. The van der Waals surface area contributed by atoms with Gasteiger partial charge in [-0.3, -0.25) is 0 Å². The predicted molar refractivity (Wildman–Crippen MR) is 70.5 cm³/mol. The van der Waals surface area contributed by atoms with Gasteiger partial charge in [0.2, 0.25) is 0 Å². The van der Waals surface area contributed by atoms with E-state index >= 15 is 0 Å². The van der Waals surface area contributed by atoms with Gasteiger partial charge < -0.3 is 9.47 Å². The summed E-state index contributed by atoms with van der Waals surface area (Å²) in [6, 6.07) is 8.66. The van der Waals surface area contributed by atoms with E-state index in [1.807, 2.05) is 6.07 Å². The Morgan fingerprint density at radius 3 is 2.47 bits per heavy atom. The Morgan fingerprint density at radius 2 is 1.79 bits per heavy atom. The van der Waals surface area contributed by atoms with E-state index in [1.54, 1.807) is 24.3 Å². The minimum absolute atomic E-state index is 0.398. The Balaban J connectivity index is 1.85. The van der Waals surface area contributed by atoms with Gasteiger partial charge in [0.1, 0.15) is 0 Å². The zero-order valence-corrected chi connectivity index (χ0v) is 11.6. The van der Waals surface area contributed by atoms with Crippen LogP contribution < -0.4 is 0 Å². The van der Waals surface area contributed by atoms with Gasteiger partial charge in [-0.1, -0.05) is 18.2 Å². The van der Waals surface area contributed by atoms with Crippen LogP contribution in [0.3, 0.4) is 0 Å². The molecule has 1 heterocycles. The molecule has 1 saturated carbocycles. The molecule has 4 nitrogen and oxygen atoms in total. The van der Waals surface area contributed by atoms with Crippen LogP contribution in [0.5, 0.6) is 0 Å². The highest BCUT2D eigenvalue weighted by Gasteiger charge is 2.45. The number of benzene rings is 1. The van der Waals surface area contributed by atoms with Gasteiger partial charge in [-0.05, 0) is 25.0 Å². The van der Waals surface area contributed by atoms with Crippen LogP contribution in [0.2, 0.25) is 0 Å². The molecule has 1 unspecified atom stereocenters. The molecule has 5 heteroatoms. The first kappa shape index (κ1) is 13.1. The molecular formula is C14H18O4S. The van der Waals surface area contributed by atoms with Crippen LogP contribution in [0.25, 0.3) is 0 Å². The normalized spacial score (nSPS) is 26.6. The summed E-state index contributed by atoms with van der Waals surface area (Å²) < 4.78 is 36.5. The van der Waals surface area contributed by atoms with Crippen molar-refractivity contribution in [3.8, 4) is 0 Å². The summed E-state index contributed by atoms with van der Waals surface area (Å²) in [5, 5.41) is -0.401. The Morgan fingerprint density at radius 1 is 1.11 bits per heavy atom. The summed E-state index contributed by atoms with van der Waals surface area (Å²) in [5.41, 5.74) is 0. The number of sulfone groups is 1. The predicted octanol–water partition coefficient (Wildman–Crippen LogP) is 2.15. The summed E-state index contributed by atoms with van der Waals surface area (Å²) in [4.78, 5) is 0.398. The second kappa shape index (κ2) is 4.89. The molecule has 19 heavy (non-hydrogen) atoms. The quantitative estimate of drug-likeness (QED) is 0.834. The van der Waals surface area contributed by atoms with Gasteiger partial charge in [-0.15, -0.1) is 0 Å². The van der Waals surface area contributed by atoms with Gasteiger partial charge in [-0.2, -0.15) is 0 Å². The summed E-state index contributed by atoms with van der Waals surface area (Å²) >= 11 is 0. The fourth-order valence-electron chi connectivity index (χ4n) is 2.98. The maximum absolute atomic E-state index is 12.6. The average molecular weight is 282 g/mol. The Hall–Kier alpha value is -0.910. The van der Waals surface area contributed by atoms with Gasteiger partial charge in [0, 0.05) is 12.8 Å². The Bertz CT molecular complexity index is 532. The zero-order valence-electron chi connectivity index (χ0n) is 10.7. The fraction of sp³-hybridized carbons (Fsp3) is 0.571. The van der Waals surface area contributed by atoms with Crippen molar-refractivity contribution in [2.24, 2.45) is 0 Å². The lowest BCUT2D eigenvalue weighted by atomic mass is 9.94. The molecular weight excluding hydrogens is 264 g/mol. The molecule has 1 saturated heterocycles. The molecule has 2 fully saturated rings. The van der Waals surface area contributed by atoms with E-state index in [-0.39, 0.29) is 0 Å². The molecule has 1 aliphatic heterocycles. The molecule has 1 aromatic rings. The standard InChI is InChI=1S/C14H18O4S/c15-19(16,12-5-2-1-3-6-12)13-7-4-8-14(11-13)17-9-10-18-14/h1-3,5-6,13H,4,7-11H2. The van der Waals surface area contributed by atoms with Crippen LogP contribution >= 0.6 is 0 Å². The number of hydrogen-bond donors (Lipinski definition) is 0. The van der Waals surface area contributed by atoms with Crippen molar-refractivity contribution in [3.05, 3.63) is 30.3 Å². The molecule has 0 radical (unpaired) electrons. The van der Waals surface area contributed by atoms with E-state index in [4.69, 9.17) is 9.47 Å². The first-order valence-electron chi connectivity index (χ1n) is 6.69. The third-order valence-electron chi connectivity index (χ3n) is 3.95. The van der Waals surface area contributed by atoms with Crippen LogP contribution in [-0.4, -0.2) is 32.7 Å².